The number of ether oxygens (including phenoxy) is 1. The third-order valence-corrected chi connectivity index (χ3v) is 7.38. The lowest BCUT2D eigenvalue weighted by Gasteiger charge is -2.09. The molecule has 4 aromatic rings. The molecule has 0 atom stereocenters. The van der Waals surface area contributed by atoms with Gasteiger partial charge in [-0.2, -0.15) is 0 Å². The first-order chi connectivity index (χ1) is 14.9. The van der Waals surface area contributed by atoms with Crippen LogP contribution in [0.1, 0.15) is 10.4 Å². The Labute approximate surface area is 191 Å². The molecule has 4 nitrogen and oxygen atoms in total. The Balaban J connectivity index is 1.44. The number of sulfonamides is 1. The SMILES string of the molecule is Cc1ccc(Oc2cccc(S(=O)(=O)NCc3ccc(-c4ccc(Cl)cc4)s3)c2)cc1. The summed E-state index contributed by atoms with van der Waals surface area (Å²) >= 11 is 7.48. The zero-order valence-electron chi connectivity index (χ0n) is 16.7. The standard InChI is InChI=1S/C24H20ClNO3S2/c1-17-5-11-20(12-6-17)29-21-3-2-4-23(15-21)31(27,28)26-16-22-13-14-24(30-22)18-7-9-19(25)10-8-18/h2-15,26H,16H2,1H3. The first kappa shape index (κ1) is 21.6. The molecule has 0 bridgehead atoms. The Hall–Kier alpha value is -2.64. The molecule has 0 aliphatic heterocycles. The number of hydrogen-bond donors (Lipinski definition) is 1. The van der Waals surface area contributed by atoms with Gasteiger partial charge in [0.15, 0.2) is 0 Å². The van der Waals surface area contributed by atoms with Gasteiger partial charge in [0.1, 0.15) is 11.5 Å². The van der Waals surface area contributed by atoms with Crippen molar-refractivity contribution in [2.75, 3.05) is 0 Å². The third kappa shape index (κ3) is 5.54. The first-order valence-electron chi connectivity index (χ1n) is 9.58. The molecule has 3 aromatic carbocycles. The lowest BCUT2D eigenvalue weighted by atomic mass is 10.2. The van der Waals surface area contributed by atoms with Gasteiger partial charge in [0.25, 0.3) is 0 Å². The Bertz CT molecular complexity index is 1280. The second-order valence-corrected chi connectivity index (χ2v) is 10.4. The molecule has 4 rings (SSSR count). The molecule has 0 amide bonds. The normalized spacial score (nSPS) is 11.4. The van der Waals surface area contributed by atoms with Gasteiger partial charge >= 0.3 is 0 Å². The number of halogens is 1. The highest BCUT2D eigenvalue weighted by Gasteiger charge is 2.15. The van der Waals surface area contributed by atoms with Gasteiger partial charge in [-0.25, -0.2) is 13.1 Å². The molecule has 0 radical (unpaired) electrons. The van der Waals surface area contributed by atoms with Crippen molar-refractivity contribution >= 4 is 33.0 Å². The summed E-state index contributed by atoms with van der Waals surface area (Å²) in [5.74, 6) is 1.12. The van der Waals surface area contributed by atoms with Gasteiger partial charge in [-0.15, -0.1) is 11.3 Å². The van der Waals surface area contributed by atoms with Crippen molar-refractivity contribution in [3.63, 3.8) is 0 Å². The summed E-state index contributed by atoms with van der Waals surface area (Å²) < 4.78 is 34.0. The lowest BCUT2D eigenvalue weighted by molar-refractivity contribution is 0.480. The molecule has 0 aliphatic rings. The zero-order chi connectivity index (χ0) is 21.8. The summed E-state index contributed by atoms with van der Waals surface area (Å²) in [4.78, 5) is 2.13. The monoisotopic (exact) mass is 469 g/mol. The molecule has 0 saturated carbocycles. The van der Waals surface area contributed by atoms with Gasteiger partial charge in [0.2, 0.25) is 10.0 Å². The molecule has 31 heavy (non-hydrogen) atoms. The van der Waals surface area contributed by atoms with Crippen LogP contribution in [-0.4, -0.2) is 8.42 Å². The Morgan fingerprint density at radius 3 is 2.39 bits per heavy atom. The molecule has 1 aromatic heterocycles. The maximum Gasteiger partial charge on any atom is 0.241 e. The maximum absolute atomic E-state index is 12.8. The van der Waals surface area contributed by atoms with Gasteiger partial charge in [-0.05, 0) is 61.0 Å². The van der Waals surface area contributed by atoms with Crippen LogP contribution in [0.25, 0.3) is 10.4 Å². The van der Waals surface area contributed by atoms with E-state index in [4.69, 9.17) is 16.3 Å². The van der Waals surface area contributed by atoms with E-state index in [1.165, 1.54) is 17.4 Å². The number of rotatable bonds is 7. The number of thiophene rings is 1. The minimum Gasteiger partial charge on any atom is -0.457 e. The molecule has 1 heterocycles. The van der Waals surface area contributed by atoms with E-state index in [-0.39, 0.29) is 11.4 Å². The minimum atomic E-state index is -3.68. The van der Waals surface area contributed by atoms with Crippen LogP contribution in [0.3, 0.4) is 0 Å². The fraction of sp³-hybridized carbons (Fsp3) is 0.0833. The van der Waals surface area contributed by atoms with Crippen LogP contribution >= 0.6 is 22.9 Å². The van der Waals surface area contributed by atoms with E-state index in [0.29, 0.717) is 16.5 Å². The highest BCUT2D eigenvalue weighted by molar-refractivity contribution is 7.89. The topological polar surface area (TPSA) is 55.4 Å². The summed E-state index contributed by atoms with van der Waals surface area (Å²) in [6, 6.07) is 25.5. The Kier molecular flexibility index (Phi) is 6.43. The van der Waals surface area contributed by atoms with Crippen molar-refractivity contribution < 1.29 is 13.2 Å². The molecule has 158 valence electrons. The molecule has 0 aliphatic carbocycles. The molecular formula is C24H20ClNO3S2. The van der Waals surface area contributed by atoms with Gasteiger partial charge in [-0.3, -0.25) is 0 Å². The van der Waals surface area contributed by atoms with Gasteiger partial charge in [-0.1, -0.05) is 47.5 Å². The highest BCUT2D eigenvalue weighted by atomic mass is 35.5. The smallest absolute Gasteiger partial charge is 0.241 e. The minimum absolute atomic E-state index is 0.159. The van der Waals surface area contributed by atoms with Crippen LogP contribution in [0.5, 0.6) is 11.5 Å². The van der Waals surface area contributed by atoms with Crippen LogP contribution in [0.4, 0.5) is 0 Å². The number of benzene rings is 3. The summed E-state index contributed by atoms with van der Waals surface area (Å²) in [6.45, 7) is 2.21. The second-order valence-electron chi connectivity index (χ2n) is 6.99. The second kappa shape index (κ2) is 9.24. The highest BCUT2D eigenvalue weighted by Crippen LogP contribution is 2.29. The van der Waals surface area contributed by atoms with Gasteiger partial charge < -0.3 is 4.74 Å². The molecule has 0 saturated heterocycles. The van der Waals surface area contributed by atoms with E-state index in [1.807, 2.05) is 67.6 Å². The van der Waals surface area contributed by atoms with Crippen LogP contribution in [0, 0.1) is 6.92 Å². The van der Waals surface area contributed by atoms with Crippen LogP contribution in [0.2, 0.25) is 5.02 Å². The van der Waals surface area contributed by atoms with E-state index < -0.39 is 10.0 Å². The van der Waals surface area contributed by atoms with Gasteiger partial charge in [0.05, 0.1) is 4.90 Å². The summed E-state index contributed by atoms with van der Waals surface area (Å²) in [6.07, 6.45) is 0. The molecule has 7 heteroatoms. The van der Waals surface area contributed by atoms with Crippen molar-refractivity contribution in [3.8, 4) is 21.9 Å². The fourth-order valence-corrected chi connectivity index (χ4v) is 5.15. The number of nitrogens with one attached hydrogen (secondary N) is 1. The average molecular weight is 470 g/mol. The van der Waals surface area contributed by atoms with Crippen molar-refractivity contribution in [2.24, 2.45) is 0 Å². The molecule has 1 N–H and O–H groups in total. The first-order valence-corrected chi connectivity index (χ1v) is 12.3. The van der Waals surface area contributed by atoms with E-state index in [0.717, 1.165) is 20.9 Å². The lowest BCUT2D eigenvalue weighted by Crippen LogP contribution is -2.22. The molecule has 0 unspecified atom stereocenters. The quantitative estimate of drug-likeness (QED) is 0.329. The van der Waals surface area contributed by atoms with Crippen molar-refractivity contribution in [1.82, 2.24) is 4.72 Å². The third-order valence-electron chi connectivity index (χ3n) is 4.60. The van der Waals surface area contributed by atoms with E-state index >= 15 is 0 Å². The van der Waals surface area contributed by atoms with Crippen molar-refractivity contribution in [1.29, 1.82) is 0 Å². The van der Waals surface area contributed by atoms with Crippen molar-refractivity contribution in [3.05, 3.63) is 100 Å². The predicted octanol–water partition coefficient (Wildman–Crippen LogP) is 6.65. The van der Waals surface area contributed by atoms with Crippen LogP contribution in [-0.2, 0) is 16.6 Å². The summed E-state index contributed by atoms with van der Waals surface area (Å²) in [7, 11) is -3.68. The Morgan fingerprint density at radius 2 is 1.65 bits per heavy atom. The largest absolute Gasteiger partial charge is 0.457 e. The number of hydrogen-bond acceptors (Lipinski definition) is 4. The molecule has 0 fully saturated rings. The Morgan fingerprint density at radius 1 is 0.903 bits per heavy atom. The van der Waals surface area contributed by atoms with Crippen molar-refractivity contribution in [2.45, 2.75) is 18.4 Å². The van der Waals surface area contributed by atoms with Crippen LogP contribution in [0.15, 0.2) is 89.8 Å². The summed E-state index contributed by atoms with van der Waals surface area (Å²) in [5.41, 5.74) is 2.17. The average Bonchev–Trinajstić information content (AvgIpc) is 3.24. The predicted molar refractivity (Wildman–Crippen MR) is 126 cm³/mol. The summed E-state index contributed by atoms with van der Waals surface area (Å²) in [5, 5.41) is 0.682. The van der Waals surface area contributed by atoms with E-state index in [1.54, 1.807) is 18.2 Å². The van der Waals surface area contributed by atoms with Gasteiger partial charge in [0, 0.05) is 27.4 Å². The van der Waals surface area contributed by atoms with E-state index in [2.05, 4.69) is 4.72 Å². The van der Waals surface area contributed by atoms with E-state index in [9.17, 15) is 8.42 Å². The molecule has 0 spiro atoms. The molecular weight excluding hydrogens is 450 g/mol. The zero-order valence-corrected chi connectivity index (χ0v) is 19.1. The number of aryl methyl sites for hydroxylation is 1. The van der Waals surface area contributed by atoms with Crippen LogP contribution < -0.4 is 9.46 Å². The maximum atomic E-state index is 12.8. The fourth-order valence-electron chi connectivity index (χ4n) is 2.94.